The van der Waals surface area contributed by atoms with Crippen molar-refractivity contribution >= 4 is 5.97 Å². The second-order valence-corrected chi connectivity index (χ2v) is 10.9. The van der Waals surface area contributed by atoms with Crippen LogP contribution in [0.25, 0.3) is 0 Å². The molecule has 12 heteroatoms. The first-order valence-corrected chi connectivity index (χ1v) is 13.2. The summed E-state index contributed by atoms with van der Waals surface area (Å²) in [7, 11) is 0. The SMILES string of the molecule is Cc1cc(F)ccc1[C@H]1[C@@H]2CN(C3=CC(=O)OC3)C(O)[C@H]2CC[C@@H]1O[C@H](C)c1cc(C(F)(F)F)cc(C(F)(F)F)c1. The quantitative estimate of drug-likeness (QED) is 0.320. The Morgan fingerprint density at radius 3 is 2.22 bits per heavy atom. The minimum absolute atomic E-state index is 0.00359. The zero-order valence-electron chi connectivity index (χ0n) is 22.1. The average Bonchev–Trinajstić information content (AvgIpc) is 3.46. The van der Waals surface area contributed by atoms with Gasteiger partial charge in [-0.15, -0.1) is 0 Å². The molecule has 1 unspecified atom stereocenters. The van der Waals surface area contributed by atoms with Gasteiger partial charge < -0.3 is 19.5 Å². The van der Waals surface area contributed by atoms with Crippen molar-refractivity contribution in [3.63, 3.8) is 0 Å². The number of fused-ring (bicyclic) bond motifs is 1. The summed E-state index contributed by atoms with van der Waals surface area (Å²) >= 11 is 0. The fourth-order valence-electron chi connectivity index (χ4n) is 6.45. The molecule has 1 saturated heterocycles. The standard InChI is InChI=1S/C29H28F7NO4/c1-14-7-19(30)3-4-21(14)26-23-12-37(20-11-25(38)40-13-20)27(39)22(23)5-6-24(26)41-15(2)16-8-17(28(31,32)33)10-18(9-16)29(34,35)36/h3-4,7-11,15,22-24,26-27,39H,5-6,12-13H2,1-2H3/t15-,22+,23-,24+,26+,27?/m1/s1. The van der Waals surface area contributed by atoms with Crippen LogP contribution in [0.4, 0.5) is 30.7 Å². The van der Waals surface area contributed by atoms with Crippen molar-refractivity contribution in [3.8, 4) is 0 Å². The third-order valence-electron chi connectivity index (χ3n) is 8.37. The fourth-order valence-corrected chi connectivity index (χ4v) is 6.45. The Bertz CT molecular complexity index is 1320. The number of carbonyl (C=O) groups is 1. The number of ether oxygens (including phenoxy) is 2. The molecule has 2 heterocycles. The Kier molecular flexibility index (Phi) is 7.60. The van der Waals surface area contributed by atoms with Gasteiger partial charge in [0, 0.05) is 24.5 Å². The normalized spacial score (nSPS) is 27.5. The molecular weight excluding hydrogens is 559 g/mol. The van der Waals surface area contributed by atoms with Crippen LogP contribution in [-0.2, 0) is 26.6 Å². The topological polar surface area (TPSA) is 59.0 Å². The molecule has 2 aromatic carbocycles. The van der Waals surface area contributed by atoms with E-state index in [1.165, 1.54) is 25.1 Å². The molecule has 0 spiro atoms. The number of aliphatic hydroxyl groups is 1. The fraction of sp³-hybridized carbons (Fsp3) is 0.483. The molecule has 5 nitrogen and oxygen atoms in total. The van der Waals surface area contributed by atoms with E-state index >= 15 is 0 Å². The van der Waals surface area contributed by atoms with Crippen LogP contribution in [0.3, 0.4) is 0 Å². The first-order valence-electron chi connectivity index (χ1n) is 13.2. The Labute approximate surface area is 231 Å². The van der Waals surface area contributed by atoms with Crippen molar-refractivity contribution < 1.29 is 50.1 Å². The van der Waals surface area contributed by atoms with Crippen LogP contribution >= 0.6 is 0 Å². The number of carbonyl (C=O) groups excluding carboxylic acids is 1. The Morgan fingerprint density at radius 2 is 1.66 bits per heavy atom. The van der Waals surface area contributed by atoms with Crippen molar-refractivity contribution in [2.24, 2.45) is 11.8 Å². The maximum atomic E-state index is 14.0. The third-order valence-corrected chi connectivity index (χ3v) is 8.37. The molecular formula is C29H28F7NO4. The lowest BCUT2D eigenvalue weighted by Gasteiger charge is -2.41. The highest BCUT2D eigenvalue weighted by Gasteiger charge is 2.51. The summed E-state index contributed by atoms with van der Waals surface area (Å²) < 4.78 is 106. The van der Waals surface area contributed by atoms with E-state index < -0.39 is 59.6 Å². The maximum absolute atomic E-state index is 14.0. The number of aryl methyl sites for hydroxylation is 1. The van der Waals surface area contributed by atoms with Crippen molar-refractivity contribution in [2.75, 3.05) is 13.2 Å². The number of benzene rings is 2. The first kappa shape index (κ1) is 29.4. The van der Waals surface area contributed by atoms with Gasteiger partial charge in [0.1, 0.15) is 18.7 Å². The van der Waals surface area contributed by atoms with Crippen molar-refractivity contribution in [3.05, 3.63) is 81.8 Å². The van der Waals surface area contributed by atoms with E-state index in [0.717, 1.165) is 0 Å². The molecule has 0 bridgehead atoms. The number of aliphatic hydroxyl groups excluding tert-OH is 1. The zero-order chi connectivity index (χ0) is 29.9. The Hall–Kier alpha value is -3.12. The molecule has 1 N–H and O–H groups in total. The highest BCUT2D eigenvalue weighted by molar-refractivity contribution is 5.85. The van der Waals surface area contributed by atoms with Gasteiger partial charge in [-0.1, -0.05) is 6.07 Å². The lowest BCUT2D eigenvalue weighted by atomic mass is 9.68. The lowest BCUT2D eigenvalue weighted by molar-refractivity contribution is -0.143. The maximum Gasteiger partial charge on any atom is 0.416 e. The number of likely N-dealkylation sites (tertiary alicyclic amines) is 1. The van der Waals surface area contributed by atoms with Crippen LogP contribution in [0.5, 0.6) is 0 Å². The summed E-state index contributed by atoms with van der Waals surface area (Å²) in [4.78, 5) is 13.4. The van der Waals surface area contributed by atoms with Gasteiger partial charge in [-0.3, -0.25) is 0 Å². The van der Waals surface area contributed by atoms with E-state index in [9.17, 15) is 40.6 Å². The molecule has 0 radical (unpaired) electrons. The molecule has 2 aliphatic heterocycles. The molecule has 5 rings (SSSR count). The van der Waals surface area contributed by atoms with Gasteiger partial charge in [0.05, 0.1) is 29.0 Å². The average molecular weight is 588 g/mol. The smallest absolute Gasteiger partial charge is 0.416 e. The minimum Gasteiger partial charge on any atom is -0.456 e. The van der Waals surface area contributed by atoms with Crippen LogP contribution in [0, 0.1) is 24.6 Å². The predicted molar refractivity (Wildman–Crippen MR) is 132 cm³/mol. The Balaban J connectivity index is 1.50. The second-order valence-electron chi connectivity index (χ2n) is 10.9. The predicted octanol–water partition coefficient (Wildman–Crippen LogP) is 6.50. The van der Waals surface area contributed by atoms with Gasteiger partial charge in [-0.2, -0.15) is 26.3 Å². The van der Waals surface area contributed by atoms with E-state index in [0.29, 0.717) is 48.3 Å². The number of hydrogen-bond acceptors (Lipinski definition) is 5. The highest BCUT2D eigenvalue weighted by Crippen LogP contribution is 2.51. The summed E-state index contributed by atoms with van der Waals surface area (Å²) in [5.74, 6) is -2.01. The summed E-state index contributed by atoms with van der Waals surface area (Å²) in [6.07, 6.45) is -10.6. The number of cyclic esters (lactones) is 1. The van der Waals surface area contributed by atoms with E-state index in [2.05, 4.69) is 0 Å². The third kappa shape index (κ3) is 5.81. The van der Waals surface area contributed by atoms with Crippen molar-refractivity contribution in [2.45, 2.75) is 63.4 Å². The van der Waals surface area contributed by atoms with Crippen LogP contribution in [-0.4, -0.2) is 41.5 Å². The van der Waals surface area contributed by atoms with Crippen molar-refractivity contribution in [1.82, 2.24) is 4.90 Å². The number of esters is 1. The molecule has 41 heavy (non-hydrogen) atoms. The summed E-state index contributed by atoms with van der Waals surface area (Å²) in [6, 6.07) is 5.62. The van der Waals surface area contributed by atoms with Crippen LogP contribution < -0.4 is 0 Å². The molecule has 1 saturated carbocycles. The molecule has 2 aromatic rings. The molecule has 6 atom stereocenters. The Morgan fingerprint density at radius 1 is 1.00 bits per heavy atom. The minimum atomic E-state index is -5.00. The van der Waals surface area contributed by atoms with E-state index in [4.69, 9.17) is 9.47 Å². The summed E-state index contributed by atoms with van der Waals surface area (Å²) in [5, 5.41) is 11.2. The van der Waals surface area contributed by atoms with Gasteiger partial charge in [-0.05, 0) is 79.6 Å². The first-order chi connectivity index (χ1) is 19.1. The van der Waals surface area contributed by atoms with E-state index in [1.807, 2.05) is 0 Å². The zero-order valence-corrected chi connectivity index (χ0v) is 22.1. The molecule has 1 aliphatic carbocycles. The van der Waals surface area contributed by atoms with Gasteiger partial charge in [-0.25, -0.2) is 9.18 Å². The van der Waals surface area contributed by atoms with Crippen LogP contribution in [0.15, 0.2) is 48.2 Å². The van der Waals surface area contributed by atoms with Gasteiger partial charge in [0.2, 0.25) is 0 Å². The monoisotopic (exact) mass is 587 g/mol. The van der Waals surface area contributed by atoms with Crippen LogP contribution in [0.2, 0.25) is 0 Å². The van der Waals surface area contributed by atoms with Gasteiger partial charge >= 0.3 is 18.3 Å². The number of rotatable bonds is 5. The van der Waals surface area contributed by atoms with E-state index in [-0.39, 0.29) is 30.1 Å². The van der Waals surface area contributed by atoms with Gasteiger partial charge in [0.15, 0.2) is 0 Å². The number of halogens is 7. The van der Waals surface area contributed by atoms with E-state index in [1.54, 1.807) is 17.9 Å². The molecule has 2 fully saturated rings. The summed E-state index contributed by atoms with van der Waals surface area (Å²) in [6.45, 7) is 3.41. The van der Waals surface area contributed by atoms with Crippen molar-refractivity contribution in [1.29, 1.82) is 0 Å². The lowest BCUT2D eigenvalue weighted by Crippen LogP contribution is -2.40. The number of hydrogen-bond donors (Lipinski definition) is 1. The molecule has 3 aliphatic rings. The van der Waals surface area contributed by atoms with Gasteiger partial charge in [0.25, 0.3) is 0 Å². The molecule has 0 amide bonds. The second kappa shape index (κ2) is 10.6. The highest BCUT2D eigenvalue weighted by atomic mass is 19.4. The number of nitrogens with zero attached hydrogens (tertiary/aromatic N) is 1. The molecule has 0 aromatic heterocycles. The number of alkyl halides is 6. The van der Waals surface area contributed by atoms with Crippen LogP contribution in [0.1, 0.15) is 59.6 Å². The molecule has 222 valence electrons. The largest absolute Gasteiger partial charge is 0.456 e. The summed E-state index contributed by atoms with van der Waals surface area (Å²) in [5.41, 5.74) is -1.31.